The van der Waals surface area contributed by atoms with Crippen molar-refractivity contribution < 1.29 is 23.4 Å². The Morgan fingerprint density at radius 1 is 1.32 bits per heavy atom. The number of benzene rings is 1. The van der Waals surface area contributed by atoms with Crippen LogP contribution in [0.1, 0.15) is 51.1 Å². The van der Waals surface area contributed by atoms with E-state index in [4.69, 9.17) is 25.8 Å². The molecule has 4 heterocycles. The second-order valence-corrected chi connectivity index (χ2v) is 11.0. The van der Waals surface area contributed by atoms with Crippen molar-refractivity contribution in [3.05, 3.63) is 52.6 Å². The molecule has 2 aliphatic rings. The van der Waals surface area contributed by atoms with Crippen LogP contribution in [-0.2, 0) is 19.0 Å². The van der Waals surface area contributed by atoms with Crippen molar-refractivity contribution in [1.82, 2.24) is 14.8 Å². The number of carbonyl (C=O) groups excluding carboxylic acids is 1. The van der Waals surface area contributed by atoms with Crippen molar-refractivity contribution in [3.8, 4) is 6.07 Å². The van der Waals surface area contributed by atoms with Crippen LogP contribution in [-0.4, -0.2) is 49.7 Å². The maximum absolute atomic E-state index is 13.4. The number of halogens is 2. The minimum Gasteiger partial charge on any atom is -0.377 e. The van der Waals surface area contributed by atoms with Gasteiger partial charge in [-0.05, 0) is 38.5 Å². The molecule has 3 aromatic rings. The fourth-order valence-electron chi connectivity index (χ4n) is 4.71. The van der Waals surface area contributed by atoms with E-state index in [0.29, 0.717) is 22.5 Å². The topological polar surface area (TPSA) is 111 Å². The van der Waals surface area contributed by atoms with Crippen LogP contribution < -0.4 is 5.32 Å². The smallest absolute Gasteiger partial charge is 0.185 e. The lowest BCUT2D eigenvalue weighted by molar-refractivity contribution is -0.195. The van der Waals surface area contributed by atoms with Gasteiger partial charge in [0.15, 0.2) is 27.9 Å². The Hall–Kier alpha value is -2.75. The fourth-order valence-corrected chi connectivity index (χ4v) is 5.59. The summed E-state index contributed by atoms with van der Waals surface area (Å²) in [6.45, 7) is 7.05. The van der Waals surface area contributed by atoms with Crippen molar-refractivity contribution in [2.24, 2.45) is 0 Å². The number of rotatable bonds is 6. The van der Waals surface area contributed by atoms with Crippen molar-refractivity contribution >= 4 is 45.2 Å². The first kappa shape index (κ1) is 25.9. The molecule has 0 bridgehead atoms. The predicted molar refractivity (Wildman–Crippen MR) is 137 cm³/mol. The van der Waals surface area contributed by atoms with Gasteiger partial charge in [0.2, 0.25) is 0 Å². The molecule has 9 nitrogen and oxygen atoms in total. The Kier molecular flexibility index (Phi) is 6.89. The number of fused-ring (bicyclic) bond motifs is 2. The number of aromatic nitrogens is 3. The van der Waals surface area contributed by atoms with Crippen LogP contribution in [0.15, 0.2) is 30.5 Å². The van der Waals surface area contributed by atoms with Crippen molar-refractivity contribution in [3.63, 3.8) is 0 Å². The normalized spacial score (nSPS) is 25.1. The van der Waals surface area contributed by atoms with E-state index in [1.54, 1.807) is 23.0 Å². The minimum atomic E-state index is -0.837. The zero-order valence-electron chi connectivity index (χ0n) is 20.6. The molecule has 37 heavy (non-hydrogen) atoms. The first-order valence-electron chi connectivity index (χ1n) is 11.7. The Morgan fingerprint density at radius 3 is 2.70 bits per heavy atom. The number of ether oxygens (including phenoxy) is 3. The second-order valence-electron chi connectivity index (χ2n) is 9.44. The average molecular weight is 546 g/mol. The molecule has 2 aliphatic heterocycles. The number of carbonyl (C=O) groups is 1. The SMILES string of the molecule is CC(=O)SC[C@H]1O[C@@H](n2ncc3c(N[C@@H](C)c4ccc(F)cc4)c(C#N)c(Cl)nc32)[C@@H]2OC(C)(C)O[C@@H]21. The van der Waals surface area contributed by atoms with E-state index in [1.807, 2.05) is 20.8 Å². The van der Waals surface area contributed by atoms with Crippen molar-refractivity contribution in [2.75, 3.05) is 11.1 Å². The lowest BCUT2D eigenvalue weighted by Gasteiger charge is -2.24. The Labute approximate surface area is 222 Å². The van der Waals surface area contributed by atoms with E-state index in [9.17, 15) is 14.4 Å². The quantitative estimate of drug-likeness (QED) is 0.429. The number of nitrogens with zero attached hydrogens (tertiary/aromatic N) is 4. The van der Waals surface area contributed by atoms with Crippen molar-refractivity contribution in [1.29, 1.82) is 5.26 Å². The molecule has 0 saturated carbocycles. The highest BCUT2D eigenvalue weighted by Gasteiger charge is 2.56. The van der Waals surface area contributed by atoms with E-state index in [0.717, 1.165) is 17.3 Å². The Bertz CT molecular complexity index is 1390. The molecule has 1 aromatic carbocycles. The first-order chi connectivity index (χ1) is 17.6. The lowest BCUT2D eigenvalue weighted by Crippen LogP contribution is -2.31. The molecular formula is C25H25ClFN5O4S. The van der Waals surface area contributed by atoms with Crippen LogP contribution in [0.3, 0.4) is 0 Å². The summed E-state index contributed by atoms with van der Waals surface area (Å²) >= 11 is 7.62. The summed E-state index contributed by atoms with van der Waals surface area (Å²) in [5.74, 6) is -0.767. The van der Waals surface area contributed by atoms with Gasteiger partial charge in [0.1, 0.15) is 29.7 Å². The summed E-state index contributed by atoms with van der Waals surface area (Å²) < 4.78 is 33.6. The standard InChI is InChI=1S/C25H25ClFN5O4S/c1-12(14-5-7-15(27)8-6-14)30-19-16(9-28)22(26)31-23-17(19)10-29-32(23)24-21-20(35-25(3,4)36-21)18(34-24)11-37-13(2)33/h5-8,10,12,18,20-21,24H,11H2,1-4H3,(H,30,31)/t12-,18+,20+,21+,24+/m0/s1. The number of pyridine rings is 1. The van der Waals surface area contributed by atoms with Gasteiger partial charge < -0.3 is 19.5 Å². The van der Waals surface area contributed by atoms with Gasteiger partial charge in [-0.15, -0.1) is 0 Å². The van der Waals surface area contributed by atoms with Crippen LogP contribution in [0.25, 0.3) is 11.0 Å². The summed E-state index contributed by atoms with van der Waals surface area (Å²) in [5, 5.41) is 18.3. The van der Waals surface area contributed by atoms with Gasteiger partial charge in [0.25, 0.3) is 0 Å². The summed E-state index contributed by atoms with van der Waals surface area (Å²) in [5.41, 5.74) is 1.85. The van der Waals surface area contributed by atoms with Crippen molar-refractivity contribution in [2.45, 2.75) is 64.1 Å². The van der Waals surface area contributed by atoms with E-state index in [-0.39, 0.29) is 27.7 Å². The van der Waals surface area contributed by atoms with Crippen LogP contribution >= 0.6 is 23.4 Å². The molecule has 2 fully saturated rings. The number of hydrogen-bond donors (Lipinski definition) is 1. The molecule has 2 aromatic heterocycles. The lowest BCUT2D eigenvalue weighted by atomic mass is 10.1. The van der Waals surface area contributed by atoms with Gasteiger partial charge >= 0.3 is 0 Å². The van der Waals surface area contributed by atoms with E-state index in [2.05, 4.69) is 21.5 Å². The monoisotopic (exact) mass is 545 g/mol. The Balaban J connectivity index is 1.53. The first-order valence-corrected chi connectivity index (χ1v) is 13.1. The van der Waals surface area contributed by atoms with Crippen LogP contribution in [0.4, 0.5) is 10.1 Å². The molecule has 0 radical (unpaired) electrons. The van der Waals surface area contributed by atoms with Crippen LogP contribution in [0, 0.1) is 17.1 Å². The molecule has 1 N–H and O–H groups in total. The van der Waals surface area contributed by atoms with Gasteiger partial charge in [0.05, 0.1) is 23.4 Å². The van der Waals surface area contributed by atoms with E-state index in [1.165, 1.54) is 19.1 Å². The predicted octanol–water partition coefficient (Wildman–Crippen LogP) is 4.97. The van der Waals surface area contributed by atoms with Crippen LogP contribution in [0.5, 0.6) is 0 Å². The molecule has 0 amide bonds. The Morgan fingerprint density at radius 2 is 2.03 bits per heavy atom. The average Bonchev–Trinajstić information content (AvgIpc) is 3.48. The molecule has 0 aliphatic carbocycles. The van der Waals surface area contributed by atoms with E-state index >= 15 is 0 Å². The third-order valence-electron chi connectivity index (χ3n) is 6.36. The van der Waals surface area contributed by atoms with E-state index < -0.39 is 30.3 Å². The molecule has 0 spiro atoms. The van der Waals surface area contributed by atoms with Gasteiger partial charge in [-0.2, -0.15) is 10.4 Å². The number of hydrogen-bond acceptors (Lipinski definition) is 9. The fraction of sp³-hybridized carbons (Fsp3) is 0.440. The zero-order chi connectivity index (χ0) is 26.5. The number of nitriles is 1. The highest BCUT2D eigenvalue weighted by molar-refractivity contribution is 8.13. The summed E-state index contributed by atoms with van der Waals surface area (Å²) in [6.07, 6.45) is -0.413. The summed E-state index contributed by atoms with van der Waals surface area (Å²) in [7, 11) is 0. The highest BCUT2D eigenvalue weighted by Crippen LogP contribution is 2.45. The third kappa shape index (κ3) is 4.92. The minimum absolute atomic E-state index is 0.00714. The maximum atomic E-state index is 13.4. The number of nitrogens with one attached hydrogen (secondary N) is 1. The zero-order valence-corrected chi connectivity index (χ0v) is 22.1. The molecular weight excluding hydrogens is 521 g/mol. The molecule has 5 rings (SSSR count). The van der Waals surface area contributed by atoms with Crippen LogP contribution in [0.2, 0.25) is 5.15 Å². The number of thioether (sulfide) groups is 1. The second kappa shape index (κ2) is 9.85. The van der Waals surface area contributed by atoms with Gasteiger partial charge in [0, 0.05) is 18.7 Å². The summed E-state index contributed by atoms with van der Waals surface area (Å²) in [4.78, 5) is 16.1. The maximum Gasteiger partial charge on any atom is 0.185 e. The molecule has 12 heteroatoms. The largest absolute Gasteiger partial charge is 0.377 e. The summed E-state index contributed by atoms with van der Waals surface area (Å²) in [6, 6.07) is 7.95. The molecule has 5 atom stereocenters. The third-order valence-corrected chi connectivity index (χ3v) is 7.53. The highest BCUT2D eigenvalue weighted by atomic mass is 35.5. The number of anilines is 1. The van der Waals surface area contributed by atoms with Gasteiger partial charge in [-0.3, -0.25) is 4.79 Å². The van der Waals surface area contributed by atoms with Gasteiger partial charge in [-0.1, -0.05) is 35.5 Å². The molecule has 0 unspecified atom stereocenters. The molecule has 194 valence electrons. The molecule has 2 saturated heterocycles. The van der Waals surface area contributed by atoms with Gasteiger partial charge in [-0.25, -0.2) is 14.1 Å².